The number of hydrogen-bond donors (Lipinski definition) is 0. The summed E-state index contributed by atoms with van der Waals surface area (Å²) in [4.78, 5) is 0. The van der Waals surface area contributed by atoms with Gasteiger partial charge in [-0.3, -0.25) is 0 Å². The Hall–Kier alpha value is -0.510. The van der Waals surface area contributed by atoms with E-state index in [9.17, 15) is 5.26 Å². The Kier molecular flexibility index (Phi) is 7.32. The maximum atomic E-state index is 9.87. The van der Waals surface area contributed by atoms with E-state index in [0.29, 0.717) is 5.41 Å². The third-order valence-electron chi connectivity index (χ3n) is 9.33. The molecule has 1 heteroatoms. The number of nitrogens with zero attached hydrogens (tertiary/aromatic N) is 1. The predicted molar refractivity (Wildman–Crippen MR) is 115 cm³/mol. The Morgan fingerprint density at radius 1 is 0.704 bits per heavy atom. The Bertz CT molecular complexity index is 466. The first-order valence-corrected chi connectivity index (χ1v) is 12.5. The van der Waals surface area contributed by atoms with Crippen LogP contribution in [0.1, 0.15) is 136 Å². The molecule has 0 aromatic heterocycles. The largest absolute Gasteiger partial charge is 0.198 e. The summed E-state index contributed by atoms with van der Waals surface area (Å²) in [6.45, 7) is 4.59. The minimum atomic E-state index is 0.0364. The maximum absolute atomic E-state index is 9.87. The fourth-order valence-electron chi connectivity index (χ4n) is 7.12. The minimum Gasteiger partial charge on any atom is -0.198 e. The molecule has 4 aliphatic carbocycles. The van der Waals surface area contributed by atoms with E-state index in [1.54, 1.807) is 0 Å². The maximum Gasteiger partial charge on any atom is 0.0689 e. The molecule has 27 heavy (non-hydrogen) atoms. The summed E-state index contributed by atoms with van der Waals surface area (Å²) in [5.74, 6) is 0.934. The fourth-order valence-corrected chi connectivity index (χ4v) is 7.12. The molecule has 0 saturated heterocycles. The fraction of sp³-hybridized carbons (Fsp3) is 0.962. The average molecular weight is 372 g/mol. The quantitative estimate of drug-likeness (QED) is 0.353. The van der Waals surface area contributed by atoms with Crippen LogP contribution in [-0.4, -0.2) is 0 Å². The lowest BCUT2D eigenvalue weighted by Gasteiger charge is -2.58. The first-order chi connectivity index (χ1) is 13.1. The standard InChI is InChI=1S/C26H45N/c1-3-5-7-9-12-24-16-19-26(20-17-24,21-18-24)23-10-14-25(22-27,15-11-23)13-8-6-4-2/h23H,3-21H2,1-2H3/t23-,24?,25-,26?. The van der Waals surface area contributed by atoms with Crippen LogP contribution in [0.15, 0.2) is 0 Å². The van der Waals surface area contributed by atoms with Crippen molar-refractivity contribution < 1.29 is 0 Å². The van der Waals surface area contributed by atoms with Gasteiger partial charge in [0, 0.05) is 0 Å². The van der Waals surface area contributed by atoms with Gasteiger partial charge < -0.3 is 0 Å². The lowest BCUT2D eigenvalue weighted by Crippen LogP contribution is -2.47. The van der Waals surface area contributed by atoms with E-state index in [1.807, 2.05) is 0 Å². The average Bonchev–Trinajstić information content (AvgIpc) is 2.73. The molecule has 0 atom stereocenters. The van der Waals surface area contributed by atoms with Crippen molar-refractivity contribution in [3.8, 4) is 6.07 Å². The monoisotopic (exact) mass is 371 g/mol. The number of hydrogen-bond acceptors (Lipinski definition) is 1. The summed E-state index contributed by atoms with van der Waals surface area (Å²) in [7, 11) is 0. The lowest BCUT2D eigenvalue weighted by atomic mass is 9.47. The topological polar surface area (TPSA) is 23.8 Å². The molecule has 0 amide bonds. The molecule has 1 nitrogen and oxygen atoms in total. The highest BCUT2D eigenvalue weighted by atomic mass is 14.6. The van der Waals surface area contributed by atoms with Crippen molar-refractivity contribution in [2.45, 2.75) is 136 Å². The normalized spacial score (nSPS) is 38.6. The molecule has 0 unspecified atom stereocenters. The second-order valence-electron chi connectivity index (χ2n) is 10.8. The van der Waals surface area contributed by atoms with Crippen molar-refractivity contribution in [3.05, 3.63) is 0 Å². The van der Waals surface area contributed by atoms with Crippen molar-refractivity contribution in [1.82, 2.24) is 0 Å². The summed E-state index contributed by atoms with van der Waals surface area (Å²) in [6.07, 6.45) is 26.5. The van der Waals surface area contributed by atoms with E-state index >= 15 is 0 Å². The second-order valence-corrected chi connectivity index (χ2v) is 10.8. The molecular weight excluding hydrogens is 326 g/mol. The van der Waals surface area contributed by atoms with Gasteiger partial charge in [0.2, 0.25) is 0 Å². The van der Waals surface area contributed by atoms with Crippen LogP contribution in [0.5, 0.6) is 0 Å². The van der Waals surface area contributed by atoms with E-state index in [2.05, 4.69) is 19.9 Å². The molecular formula is C26H45N. The number of nitriles is 1. The zero-order chi connectivity index (χ0) is 19.2. The highest BCUT2D eigenvalue weighted by molar-refractivity contribution is 5.07. The van der Waals surface area contributed by atoms with Gasteiger partial charge in [0.1, 0.15) is 0 Å². The summed E-state index contributed by atoms with van der Waals surface area (Å²) in [6, 6.07) is 2.78. The Morgan fingerprint density at radius 3 is 1.81 bits per heavy atom. The first kappa shape index (κ1) is 21.2. The first-order valence-electron chi connectivity index (χ1n) is 12.5. The van der Waals surface area contributed by atoms with Gasteiger partial charge in [-0.1, -0.05) is 58.8 Å². The van der Waals surface area contributed by atoms with Crippen LogP contribution < -0.4 is 0 Å². The molecule has 4 fully saturated rings. The molecule has 0 aromatic carbocycles. The van der Waals surface area contributed by atoms with Crippen molar-refractivity contribution >= 4 is 0 Å². The van der Waals surface area contributed by atoms with E-state index in [4.69, 9.17) is 0 Å². The number of unbranched alkanes of at least 4 members (excludes halogenated alkanes) is 5. The molecule has 4 saturated carbocycles. The zero-order valence-electron chi connectivity index (χ0n) is 18.5. The van der Waals surface area contributed by atoms with Gasteiger partial charge in [0.05, 0.1) is 11.5 Å². The summed E-state index contributed by atoms with van der Waals surface area (Å²) < 4.78 is 0. The van der Waals surface area contributed by atoms with Crippen LogP contribution in [0.2, 0.25) is 0 Å². The molecule has 0 spiro atoms. The van der Waals surface area contributed by atoms with Gasteiger partial charge in [0.25, 0.3) is 0 Å². The molecule has 0 N–H and O–H groups in total. The summed E-state index contributed by atoms with van der Waals surface area (Å²) in [5.41, 5.74) is 1.45. The van der Waals surface area contributed by atoms with E-state index in [1.165, 1.54) is 116 Å². The van der Waals surface area contributed by atoms with Crippen molar-refractivity contribution in [1.29, 1.82) is 5.26 Å². The smallest absolute Gasteiger partial charge is 0.0689 e. The van der Waals surface area contributed by atoms with E-state index < -0.39 is 0 Å². The van der Waals surface area contributed by atoms with E-state index in [-0.39, 0.29) is 5.41 Å². The van der Waals surface area contributed by atoms with Crippen molar-refractivity contribution in [2.24, 2.45) is 22.2 Å². The van der Waals surface area contributed by atoms with Crippen LogP contribution in [0.4, 0.5) is 0 Å². The summed E-state index contributed by atoms with van der Waals surface area (Å²) in [5, 5.41) is 9.87. The molecule has 0 aliphatic heterocycles. The zero-order valence-corrected chi connectivity index (χ0v) is 18.5. The summed E-state index contributed by atoms with van der Waals surface area (Å²) >= 11 is 0. The van der Waals surface area contributed by atoms with Crippen LogP contribution in [0.3, 0.4) is 0 Å². The van der Waals surface area contributed by atoms with Crippen molar-refractivity contribution in [3.63, 3.8) is 0 Å². The van der Waals surface area contributed by atoms with Crippen LogP contribution in [0, 0.1) is 33.5 Å². The van der Waals surface area contributed by atoms with Crippen molar-refractivity contribution in [2.75, 3.05) is 0 Å². The van der Waals surface area contributed by atoms with Gasteiger partial charge in [0.15, 0.2) is 0 Å². The lowest BCUT2D eigenvalue weighted by molar-refractivity contribution is -0.0690. The van der Waals surface area contributed by atoms with Crippen LogP contribution in [-0.2, 0) is 0 Å². The van der Waals surface area contributed by atoms with Gasteiger partial charge in [-0.05, 0) is 93.8 Å². The molecule has 4 aliphatic rings. The molecule has 4 rings (SSSR count). The molecule has 0 aromatic rings. The highest BCUT2D eigenvalue weighted by Crippen LogP contribution is 2.64. The SMILES string of the molecule is CCCCCCC12CCC([C@H]3CC[C@@](C#N)(CCCCC)CC3)(CC1)CC2. The molecule has 154 valence electrons. The number of rotatable bonds is 10. The predicted octanol–water partition coefficient (Wildman–Crippen LogP) is 8.58. The Balaban J connectivity index is 1.49. The molecule has 0 heterocycles. The molecule has 2 bridgehead atoms. The Morgan fingerprint density at radius 2 is 1.26 bits per heavy atom. The number of fused-ring (bicyclic) bond motifs is 3. The van der Waals surface area contributed by atoms with Gasteiger partial charge in [-0.2, -0.15) is 5.26 Å². The third-order valence-corrected chi connectivity index (χ3v) is 9.33. The van der Waals surface area contributed by atoms with Gasteiger partial charge >= 0.3 is 0 Å². The van der Waals surface area contributed by atoms with Crippen LogP contribution >= 0.6 is 0 Å². The minimum absolute atomic E-state index is 0.0364. The van der Waals surface area contributed by atoms with E-state index in [0.717, 1.165) is 17.8 Å². The second kappa shape index (κ2) is 9.33. The van der Waals surface area contributed by atoms with Crippen LogP contribution in [0.25, 0.3) is 0 Å². The molecule has 0 radical (unpaired) electrons. The van der Waals surface area contributed by atoms with Gasteiger partial charge in [-0.25, -0.2) is 0 Å². The third kappa shape index (κ3) is 4.74. The van der Waals surface area contributed by atoms with Gasteiger partial charge in [-0.15, -0.1) is 0 Å². The highest BCUT2D eigenvalue weighted by Gasteiger charge is 2.52. The Labute approximate surface area is 169 Å².